The monoisotopic (exact) mass is 416 g/mol. The molecule has 0 saturated heterocycles. The van der Waals surface area contributed by atoms with E-state index in [4.69, 9.17) is 4.74 Å². The molecule has 1 aliphatic carbocycles. The molecule has 1 aromatic rings. The highest BCUT2D eigenvalue weighted by Gasteiger charge is 2.44. The van der Waals surface area contributed by atoms with E-state index in [0.29, 0.717) is 5.57 Å². The molecule has 0 saturated carbocycles. The number of rotatable bonds is 8. The van der Waals surface area contributed by atoms with Crippen molar-refractivity contribution in [2.45, 2.75) is 65.0 Å². The summed E-state index contributed by atoms with van der Waals surface area (Å²) >= 11 is 0. The lowest BCUT2D eigenvalue weighted by molar-refractivity contribution is -0.138. The van der Waals surface area contributed by atoms with Crippen molar-refractivity contribution in [2.24, 2.45) is 11.8 Å². The van der Waals surface area contributed by atoms with Crippen LogP contribution in [0.5, 0.6) is 0 Å². The van der Waals surface area contributed by atoms with Crippen molar-refractivity contribution in [1.82, 2.24) is 0 Å². The second-order valence-electron chi connectivity index (χ2n) is 8.84. The fourth-order valence-electron chi connectivity index (χ4n) is 3.28. The topological polar surface area (TPSA) is 9.23 Å². The van der Waals surface area contributed by atoms with Crippen LogP contribution < -0.4 is 0 Å². The van der Waals surface area contributed by atoms with Crippen LogP contribution in [0.1, 0.15) is 45.1 Å². The van der Waals surface area contributed by atoms with E-state index in [2.05, 4.69) is 45.0 Å². The Labute approximate surface area is 176 Å². The lowest BCUT2D eigenvalue weighted by Gasteiger charge is -2.32. The Morgan fingerprint density at radius 3 is 2.45 bits per heavy atom. The maximum Gasteiger partial charge on any atom is 0.249 e. The van der Waals surface area contributed by atoms with Crippen molar-refractivity contribution in [3.05, 3.63) is 53.9 Å². The maximum atomic E-state index is 15.9. The number of ether oxygens (including phenoxy) is 1. The predicted octanol–water partition coefficient (Wildman–Crippen LogP) is 7.33. The normalized spacial score (nSPS) is 22.9. The van der Waals surface area contributed by atoms with Crippen molar-refractivity contribution in [1.29, 1.82) is 0 Å². The van der Waals surface area contributed by atoms with Gasteiger partial charge < -0.3 is 4.74 Å². The summed E-state index contributed by atoms with van der Waals surface area (Å²) in [5.74, 6) is -0.845. The van der Waals surface area contributed by atoms with Crippen molar-refractivity contribution >= 4 is 13.6 Å². The van der Waals surface area contributed by atoms with Gasteiger partial charge in [-0.05, 0) is 24.0 Å². The zero-order valence-corrected chi connectivity index (χ0v) is 19.4. The molecule has 3 atom stereocenters. The maximum absolute atomic E-state index is 15.9. The molecule has 0 aliphatic heterocycles. The second-order valence-corrected chi connectivity index (χ2v) is 13.6. The van der Waals surface area contributed by atoms with Gasteiger partial charge in [-0.1, -0.05) is 95.1 Å². The van der Waals surface area contributed by atoms with Gasteiger partial charge in [0.25, 0.3) is 0 Å². The molecule has 0 aromatic heterocycles. The second kappa shape index (κ2) is 10.4. The van der Waals surface area contributed by atoms with Gasteiger partial charge in [-0.3, -0.25) is 0 Å². The van der Waals surface area contributed by atoms with Crippen LogP contribution in [0.3, 0.4) is 0 Å². The SMILES string of the molecule is CCCCC(CC)COC1(F)C=CC(c2ccccc2)=C(F)C1C#C[Si](C)(C)C. The first kappa shape index (κ1) is 23.6. The number of hydrogen-bond acceptors (Lipinski definition) is 1. The van der Waals surface area contributed by atoms with Crippen molar-refractivity contribution < 1.29 is 13.5 Å². The predicted molar refractivity (Wildman–Crippen MR) is 121 cm³/mol. The van der Waals surface area contributed by atoms with Crippen LogP contribution in [0.4, 0.5) is 8.78 Å². The third-order valence-corrected chi connectivity index (χ3v) is 6.04. The highest BCUT2D eigenvalue weighted by atomic mass is 28.3. The molecule has 158 valence electrons. The Hall–Kier alpha value is -1.70. The highest BCUT2D eigenvalue weighted by molar-refractivity contribution is 6.83. The molecule has 0 fully saturated rings. The summed E-state index contributed by atoms with van der Waals surface area (Å²) in [6.07, 6.45) is 6.95. The molecular formula is C25H34F2OSi. The molecule has 29 heavy (non-hydrogen) atoms. The van der Waals surface area contributed by atoms with Crippen molar-refractivity contribution in [3.63, 3.8) is 0 Å². The van der Waals surface area contributed by atoms with Gasteiger partial charge in [-0.2, -0.15) is 0 Å². The molecule has 2 rings (SSSR count). The Balaban J connectivity index is 2.34. The summed E-state index contributed by atoms with van der Waals surface area (Å²) in [4.78, 5) is 0. The summed E-state index contributed by atoms with van der Waals surface area (Å²) in [5, 5.41) is 0. The minimum absolute atomic E-state index is 0.268. The van der Waals surface area contributed by atoms with Gasteiger partial charge in [-0.15, -0.1) is 5.54 Å². The summed E-state index contributed by atoms with van der Waals surface area (Å²) in [6, 6.07) is 9.22. The Morgan fingerprint density at radius 2 is 1.86 bits per heavy atom. The van der Waals surface area contributed by atoms with E-state index in [9.17, 15) is 0 Å². The third-order valence-electron chi connectivity index (χ3n) is 5.14. The smallest absolute Gasteiger partial charge is 0.249 e. The average molecular weight is 417 g/mol. The Morgan fingerprint density at radius 1 is 1.17 bits per heavy atom. The fraction of sp³-hybridized carbons (Fsp3) is 0.520. The van der Waals surface area contributed by atoms with Gasteiger partial charge >= 0.3 is 0 Å². The van der Waals surface area contributed by atoms with Crippen molar-refractivity contribution in [3.8, 4) is 11.5 Å². The molecule has 1 aliphatic rings. The van der Waals surface area contributed by atoms with Crippen LogP contribution >= 0.6 is 0 Å². The van der Waals surface area contributed by atoms with E-state index < -0.39 is 25.7 Å². The van der Waals surface area contributed by atoms with Gasteiger partial charge in [-0.25, -0.2) is 8.78 Å². The van der Waals surface area contributed by atoms with Crippen LogP contribution in [-0.2, 0) is 4.74 Å². The van der Waals surface area contributed by atoms with E-state index >= 15 is 8.78 Å². The number of unbranched alkanes of at least 4 members (excludes halogenated alkanes) is 1. The Bertz CT molecular complexity index is 783. The Kier molecular flexibility index (Phi) is 8.42. The largest absolute Gasteiger partial charge is 0.341 e. The quantitative estimate of drug-likeness (QED) is 0.318. The number of halogens is 2. The summed E-state index contributed by atoms with van der Waals surface area (Å²) in [5.41, 5.74) is 4.25. The van der Waals surface area contributed by atoms with E-state index in [1.165, 1.54) is 12.2 Å². The first-order valence-electron chi connectivity index (χ1n) is 10.7. The van der Waals surface area contributed by atoms with E-state index in [1.807, 2.05) is 30.3 Å². The standard InChI is InChI=1S/C25H34F2OSi/c1-6-8-12-20(7-2)19-28-25(27)17-15-22(21-13-10-9-11-14-21)24(26)23(25)16-18-29(3,4)5/h9-11,13-15,17,20,23H,6-8,12,19H2,1-5H3. The highest BCUT2D eigenvalue weighted by Crippen LogP contribution is 2.41. The lowest BCUT2D eigenvalue weighted by atomic mass is 9.87. The minimum Gasteiger partial charge on any atom is -0.341 e. The molecule has 0 bridgehead atoms. The van der Waals surface area contributed by atoms with Gasteiger partial charge in [0.15, 0.2) is 0 Å². The molecule has 1 nitrogen and oxygen atoms in total. The molecule has 3 unspecified atom stereocenters. The third kappa shape index (κ3) is 6.66. The summed E-state index contributed by atoms with van der Waals surface area (Å²) in [7, 11) is -1.80. The van der Waals surface area contributed by atoms with Crippen molar-refractivity contribution in [2.75, 3.05) is 6.61 Å². The van der Waals surface area contributed by atoms with Gasteiger partial charge in [0.2, 0.25) is 5.85 Å². The number of hydrogen-bond donors (Lipinski definition) is 0. The molecule has 0 N–H and O–H groups in total. The van der Waals surface area contributed by atoms with E-state index in [0.717, 1.165) is 31.2 Å². The van der Waals surface area contributed by atoms with Crippen LogP contribution in [0.2, 0.25) is 19.6 Å². The van der Waals surface area contributed by atoms with Gasteiger partial charge in [0.05, 0.1) is 6.61 Å². The minimum atomic E-state index is -2.24. The van der Waals surface area contributed by atoms with E-state index in [1.54, 1.807) is 0 Å². The van der Waals surface area contributed by atoms with Gasteiger partial charge in [0, 0.05) is 5.57 Å². The van der Waals surface area contributed by atoms with E-state index in [-0.39, 0.29) is 12.5 Å². The van der Waals surface area contributed by atoms with Crippen LogP contribution in [0.15, 0.2) is 48.3 Å². The van der Waals surface area contributed by atoms with Crippen LogP contribution in [0, 0.1) is 23.3 Å². The summed E-state index contributed by atoms with van der Waals surface area (Å²) in [6.45, 7) is 10.7. The molecule has 0 spiro atoms. The lowest BCUT2D eigenvalue weighted by Crippen LogP contribution is -2.38. The van der Waals surface area contributed by atoms with Crippen LogP contribution in [-0.4, -0.2) is 20.5 Å². The fourth-order valence-corrected chi connectivity index (χ4v) is 3.86. The average Bonchev–Trinajstić information content (AvgIpc) is 2.68. The number of allylic oxidation sites excluding steroid dienone is 2. The molecule has 0 heterocycles. The molecule has 4 heteroatoms. The van der Waals surface area contributed by atoms with Gasteiger partial charge in [0.1, 0.15) is 19.8 Å². The van der Waals surface area contributed by atoms with Crippen LogP contribution in [0.25, 0.3) is 5.57 Å². The first-order valence-corrected chi connectivity index (χ1v) is 14.2. The summed E-state index contributed by atoms with van der Waals surface area (Å²) < 4.78 is 37.1. The zero-order valence-electron chi connectivity index (χ0n) is 18.4. The number of benzene rings is 1. The molecule has 0 amide bonds. The molecule has 1 aromatic carbocycles. The molecular weight excluding hydrogens is 382 g/mol. The first-order chi connectivity index (χ1) is 13.7. The zero-order chi connectivity index (χ0) is 21.5. The number of alkyl halides is 1. The molecule has 0 radical (unpaired) electrons.